The number of hydrogen-bond donors (Lipinski definition) is 4. The first-order chi connectivity index (χ1) is 11.2. The molecule has 10 heteroatoms. The zero-order chi connectivity index (χ0) is 17.6. The number of aliphatic imine (C=N–C) groups is 1. The summed E-state index contributed by atoms with van der Waals surface area (Å²) in [6.45, 7) is 3.61. The minimum absolute atomic E-state index is 0.0116. The Balaban J connectivity index is 2.04. The Bertz CT molecular complexity index is 975. The van der Waals surface area contributed by atoms with Crippen molar-refractivity contribution in [3.63, 3.8) is 0 Å². The van der Waals surface area contributed by atoms with Crippen LogP contribution >= 0.6 is 0 Å². The van der Waals surface area contributed by atoms with Gasteiger partial charge in [0.25, 0.3) is 15.9 Å². The third kappa shape index (κ3) is 2.16. The molecule has 0 radical (unpaired) electrons. The second-order valence-corrected chi connectivity index (χ2v) is 6.67. The summed E-state index contributed by atoms with van der Waals surface area (Å²) in [5.74, 6) is -1.79. The second kappa shape index (κ2) is 5.22. The van der Waals surface area contributed by atoms with Crippen molar-refractivity contribution in [1.29, 1.82) is 0 Å². The van der Waals surface area contributed by atoms with E-state index in [0.29, 0.717) is 0 Å². The van der Waals surface area contributed by atoms with E-state index in [9.17, 15) is 23.5 Å². The number of rotatable bonds is 1. The van der Waals surface area contributed by atoms with Gasteiger partial charge >= 0.3 is 0 Å². The van der Waals surface area contributed by atoms with E-state index in [1.54, 1.807) is 0 Å². The maximum atomic E-state index is 12.3. The number of sulfonamides is 1. The monoisotopic (exact) mass is 348 g/mol. The number of carbonyl (C=O) groups is 1. The van der Waals surface area contributed by atoms with Gasteiger partial charge in [0, 0.05) is 11.1 Å². The lowest BCUT2D eigenvalue weighted by Crippen LogP contribution is -2.42. The molecule has 0 aromatic heterocycles. The predicted octanol–water partition coefficient (Wildman–Crippen LogP) is 0.191. The van der Waals surface area contributed by atoms with Crippen LogP contribution in [0.15, 0.2) is 63.9 Å². The molecule has 0 saturated carbocycles. The van der Waals surface area contributed by atoms with Gasteiger partial charge in [-0.1, -0.05) is 18.7 Å². The average Bonchev–Trinajstić information content (AvgIpc) is 2.86. The average molecular weight is 348 g/mol. The maximum Gasteiger partial charge on any atom is 0.287 e. The van der Waals surface area contributed by atoms with Crippen molar-refractivity contribution in [2.45, 2.75) is 4.90 Å². The van der Waals surface area contributed by atoms with E-state index >= 15 is 0 Å². The van der Waals surface area contributed by atoms with E-state index in [1.165, 1.54) is 30.5 Å². The van der Waals surface area contributed by atoms with Crippen LogP contribution in [0.1, 0.15) is 5.56 Å². The highest BCUT2D eigenvalue weighted by atomic mass is 32.2. The van der Waals surface area contributed by atoms with Crippen molar-refractivity contribution in [3.8, 4) is 0 Å². The van der Waals surface area contributed by atoms with Crippen LogP contribution in [-0.4, -0.2) is 34.9 Å². The zero-order valence-electron chi connectivity index (χ0n) is 12.1. The third-order valence-corrected chi connectivity index (χ3v) is 5.03. The molecule has 1 aromatic rings. The molecule has 1 aromatic carbocycles. The van der Waals surface area contributed by atoms with Gasteiger partial charge in [0.05, 0.1) is 11.9 Å². The number of aliphatic hydroxyl groups excluding tert-OH is 1. The molecule has 0 bridgehead atoms. The van der Waals surface area contributed by atoms with Gasteiger partial charge < -0.3 is 16.2 Å². The summed E-state index contributed by atoms with van der Waals surface area (Å²) in [6, 6.07) is 5.43. The Labute approximate surface area is 136 Å². The standard InChI is InChI=1S/C14H12N4O5S/c1-7-9(15)6-16-13(7)17-14(20)11-12(19)8-4-2-3-5-10(8)24(22,23)18(11)21/h2-6,19,21H,1,15H2,(H,16,17,20). The Morgan fingerprint density at radius 1 is 1.33 bits per heavy atom. The quantitative estimate of drug-likeness (QED) is 0.570. The van der Waals surface area contributed by atoms with Crippen molar-refractivity contribution in [3.05, 3.63) is 59.6 Å². The summed E-state index contributed by atoms with van der Waals surface area (Å²) in [7, 11) is -4.40. The van der Waals surface area contributed by atoms with Crippen LogP contribution in [0.2, 0.25) is 0 Å². The smallest absolute Gasteiger partial charge is 0.287 e. The zero-order valence-corrected chi connectivity index (χ0v) is 12.9. The molecule has 0 saturated heterocycles. The molecule has 0 atom stereocenters. The van der Waals surface area contributed by atoms with Gasteiger partial charge in [-0.25, -0.2) is 4.99 Å². The fourth-order valence-electron chi connectivity index (χ4n) is 2.21. The molecular formula is C14H12N4O5S. The molecule has 0 aliphatic carbocycles. The molecular weight excluding hydrogens is 336 g/mol. The molecule has 2 aliphatic heterocycles. The first-order valence-electron chi connectivity index (χ1n) is 6.56. The Kier molecular flexibility index (Phi) is 3.43. The molecule has 1 amide bonds. The van der Waals surface area contributed by atoms with E-state index in [0.717, 1.165) is 0 Å². The fraction of sp³-hybridized carbons (Fsp3) is 0. The van der Waals surface area contributed by atoms with E-state index < -0.39 is 27.4 Å². The van der Waals surface area contributed by atoms with Gasteiger partial charge in [-0.15, -0.1) is 4.47 Å². The van der Waals surface area contributed by atoms with E-state index in [2.05, 4.69) is 16.9 Å². The van der Waals surface area contributed by atoms with Crippen LogP contribution < -0.4 is 11.1 Å². The van der Waals surface area contributed by atoms with Crippen LogP contribution in [-0.2, 0) is 14.8 Å². The van der Waals surface area contributed by atoms with Crippen LogP contribution in [0.25, 0.3) is 5.76 Å². The molecule has 124 valence electrons. The maximum absolute atomic E-state index is 12.3. The highest BCUT2D eigenvalue weighted by Gasteiger charge is 2.40. The summed E-state index contributed by atoms with van der Waals surface area (Å²) in [5, 5.41) is 22.4. The van der Waals surface area contributed by atoms with Gasteiger partial charge in [0.15, 0.2) is 11.5 Å². The SMILES string of the molecule is C=C1C(N)=CN=C1NC(=O)C1=C(O)c2ccccc2S(=O)(=O)N1O. The number of amides is 1. The van der Waals surface area contributed by atoms with Gasteiger partial charge in [-0.2, -0.15) is 8.42 Å². The molecule has 0 fully saturated rings. The van der Waals surface area contributed by atoms with Crippen LogP contribution in [0.4, 0.5) is 0 Å². The van der Waals surface area contributed by atoms with Crippen LogP contribution in [0.3, 0.4) is 0 Å². The second-order valence-electron chi connectivity index (χ2n) is 4.94. The third-order valence-electron chi connectivity index (χ3n) is 3.48. The number of aliphatic hydroxyl groups is 1. The summed E-state index contributed by atoms with van der Waals surface area (Å²) < 4.78 is 24.3. The van der Waals surface area contributed by atoms with Crippen molar-refractivity contribution in [1.82, 2.24) is 9.79 Å². The fourth-order valence-corrected chi connectivity index (χ4v) is 3.50. The molecule has 9 nitrogen and oxygen atoms in total. The first-order valence-corrected chi connectivity index (χ1v) is 8.00. The van der Waals surface area contributed by atoms with E-state index in [4.69, 9.17) is 5.73 Å². The number of benzene rings is 1. The minimum Gasteiger partial charge on any atom is -0.505 e. The number of nitrogens with zero attached hydrogens (tertiary/aromatic N) is 2. The molecule has 5 N–H and O–H groups in total. The Morgan fingerprint density at radius 3 is 2.62 bits per heavy atom. The number of carbonyl (C=O) groups excluding carboxylic acids is 1. The molecule has 2 aliphatic rings. The molecule has 3 rings (SSSR count). The number of hydroxylamine groups is 1. The van der Waals surface area contributed by atoms with Gasteiger partial charge in [0.1, 0.15) is 10.7 Å². The van der Waals surface area contributed by atoms with Crippen molar-refractivity contribution in [2.24, 2.45) is 10.7 Å². The van der Waals surface area contributed by atoms with E-state index in [-0.39, 0.29) is 32.0 Å². The molecule has 24 heavy (non-hydrogen) atoms. The van der Waals surface area contributed by atoms with Gasteiger partial charge in [-0.3, -0.25) is 10.0 Å². The lowest BCUT2D eigenvalue weighted by Gasteiger charge is -2.26. The minimum atomic E-state index is -4.40. The molecule has 0 spiro atoms. The Morgan fingerprint density at radius 2 is 2.00 bits per heavy atom. The number of fused-ring (bicyclic) bond motifs is 1. The van der Waals surface area contributed by atoms with Gasteiger partial charge in [-0.05, 0) is 12.1 Å². The molecule has 0 unspecified atom stereocenters. The normalized spacial score (nSPS) is 18.9. The lowest BCUT2D eigenvalue weighted by molar-refractivity contribution is -0.120. The number of nitrogens with one attached hydrogen (secondary N) is 1. The van der Waals surface area contributed by atoms with Crippen LogP contribution in [0, 0.1) is 0 Å². The highest BCUT2D eigenvalue weighted by Crippen LogP contribution is 2.34. The highest BCUT2D eigenvalue weighted by molar-refractivity contribution is 7.89. The summed E-state index contributed by atoms with van der Waals surface area (Å²) in [4.78, 5) is 15.8. The topological polar surface area (TPSA) is 145 Å². The summed E-state index contributed by atoms with van der Waals surface area (Å²) in [6.07, 6.45) is 1.26. The number of nitrogens with two attached hydrogens (primary N) is 1. The molecule has 2 heterocycles. The van der Waals surface area contributed by atoms with Crippen molar-refractivity contribution < 1.29 is 23.5 Å². The summed E-state index contributed by atoms with van der Waals surface area (Å²) >= 11 is 0. The number of amidine groups is 1. The number of hydrogen-bond acceptors (Lipinski definition) is 7. The summed E-state index contributed by atoms with van der Waals surface area (Å²) in [5.41, 5.74) is 5.07. The largest absolute Gasteiger partial charge is 0.505 e. The van der Waals surface area contributed by atoms with Crippen molar-refractivity contribution >= 4 is 27.5 Å². The first kappa shape index (κ1) is 15.8. The lowest BCUT2D eigenvalue weighted by atomic mass is 10.1. The van der Waals surface area contributed by atoms with Crippen LogP contribution in [0.5, 0.6) is 0 Å². The van der Waals surface area contributed by atoms with Crippen molar-refractivity contribution in [2.75, 3.05) is 0 Å². The Hall–Kier alpha value is -3.11. The predicted molar refractivity (Wildman–Crippen MR) is 83.8 cm³/mol. The van der Waals surface area contributed by atoms with E-state index in [1.807, 2.05) is 0 Å². The van der Waals surface area contributed by atoms with Gasteiger partial charge in [0.2, 0.25) is 0 Å².